The summed E-state index contributed by atoms with van der Waals surface area (Å²) in [6, 6.07) is 0. The van der Waals surface area contributed by atoms with Gasteiger partial charge in [-0.1, -0.05) is 6.42 Å². The molecule has 124 valence electrons. The van der Waals surface area contributed by atoms with Crippen molar-refractivity contribution in [1.82, 2.24) is 0 Å². The zero-order chi connectivity index (χ0) is 15.2. The average molecular weight is 324 g/mol. The van der Waals surface area contributed by atoms with Crippen molar-refractivity contribution in [3.8, 4) is 0 Å². The maximum atomic E-state index is 12.6. The molecule has 0 aromatic rings. The van der Waals surface area contributed by atoms with Crippen LogP contribution in [-0.4, -0.2) is 29.6 Å². The van der Waals surface area contributed by atoms with E-state index < -0.39 is 15.4 Å². The molecule has 2 atom stereocenters. The number of fused-ring (bicyclic) bond motifs is 2. The molecule has 6 bridgehead atoms. The number of hydrogen-bond acceptors (Lipinski definition) is 3. The van der Waals surface area contributed by atoms with Crippen molar-refractivity contribution in [3.63, 3.8) is 0 Å². The minimum Gasteiger partial charge on any atom is -0.389 e. The van der Waals surface area contributed by atoms with E-state index in [4.69, 9.17) is 0 Å². The van der Waals surface area contributed by atoms with Crippen LogP contribution in [0, 0.1) is 23.2 Å². The molecule has 6 aliphatic rings. The summed E-state index contributed by atoms with van der Waals surface area (Å²) in [5.74, 6) is 2.44. The van der Waals surface area contributed by atoms with Gasteiger partial charge in [-0.3, -0.25) is 0 Å². The second-order valence-electron chi connectivity index (χ2n) is 9.40. The minimum absolute atomic E-state index is 0.0610. The monoisotopic (exact) mass is 324 g/mol. The Labute approximate surface area is 133 Å². The van der Waals surface area contributed by atoms with E-state index in [0.717, 1.165) is 37.0 Å². The third-order valence-electron chi connectivity index (χ3n) is 8.14. The van der Waals surface area contributed by atoms with Crippen molar-refractivity contribution in [2.24, 2.45) is 23.2 Å². The van der Waals surface area contributed by atoms with Crippen LogP contribution in [0.15, 0.2) is 0 Å². The van der Waals surface area contributed by atoms with Gasteiger partial charge in [0, 0.05) is 5.41 Å². The van der Waals surface area contributed by atoms with Gasteiger partial charge in [-0.05, 0) is 82.0 Å². The number of rotatable bonds is 1. The maximum Gasteiger partial charge on any atom is 0.156 e. The lowest BCUT2D eigenvalue weighted by molar-refractivity contribution is -0.188. The van der Waals surface area contributed by atoms with Gasteiger partial charge in [-0.15, -0.1) is 0 Å². The van der Waals surface area contributed by atoms with Crippen molar-refractivity contribution >= 4 is 9.84 Å². The Balaban J connectivity index is 1.52. The summed E-state index contributed by atoms with van der Waals surface area (Å²) < 4.78 is 25.2. The molecular formula is C18H28O3S. The Morgan fingerprint density at radius 1 is 0.773 bits per heavy atom. The standard InChI is InChI=1S/C18H28O3S/c19-18(10-15-2-1-3-16(11-18)22(15,20)21)17-7-12-4-13(8-17)6-14(5-12)9-17/h12-16,19H,1-11H2. The molecule has 0 amide bonds. The molecule has 0 spiro atoms. The molecule has 4 saturated carbocycles. The number of aliphatic hydroxyl groups is 1. The fraction of sp³-hybridized carbons (Fsp3) is 1.00. The topological polar surface area (TPSA) is 54.4 Å². The molecule has 2 heterocycles. The van der Waals surface area contributed by atoms with Crippen molar-refractivity contribution in [2.75, 3.05) is 0 Å². The van der Waals surface area contributed by atoms with Crippen LogP contribution in [0.25, 0.3) is 0 Å². The Morgan fingerprint density at radius 2 is 1.23 bits per heavy atom. The summed E-state index contributed by atoms with van der Waals surface area (Å²) in [6.07, 6.45) is 11.3. The van der Waals surface area contributed by atoms with Crippen LogP contribution in [0.3, 0.4) is 0 Å². The van der Waals surface area contributed by atoms with Crippen molar-refractivity contribution in [3.05, 3.63) is 0 Å². The Bertz CT molecular complexity index is 538. The Hall–Kier alpha value is -0.0900. The smallest absolute Gasteiger partial charge is 0.156 e. The predicted octanol–water partition coefficient (Wildman–Crippen LogP) is 3.06. The van der Waals surface area contributed by atoms with Crippen LogP contribution in [0.2, 0.25) is 0 Å². The quantitative estimate of drug-likeness (QED) is 0.806. The van der Waals surface area contributed by atoms with Gasteiger partial charge in [0.15, 0.2) is 9.84 Å². The van der Waals surface area contributed by atoms with E-state index in [0.29, 0.717) is 12.8 Å². The van der Waals surface area contributed by atoms with Gasteiger partial charge in [0.2, 0.25) is 0 Å². The second-order valence-corrected chi connectivity index (χ2v) is 11.9. The number of sulfone groups is 1. The Kier molecular flexibility index (Phi) is 2.79. The zero-order valence-electron chi connectivity index (χ0n) is 13.3. The Morgan fingerprint density at radius 3 is 1.68 bits per heavy atom. The molecule has 0 aromatic carbocycles. The highest BCUT2D eigenvalue weighted by molar-refractivity contribution is 7.92. The van der Waals surface area contributed by atoms with Crippen LogP contribution in [0.5, 0.6) is 0 Å². The van der Waals surface area contributed by atoms with Gasteiger partial charge in [0.25, 0.3) is 0 Å². The van der Waals surface area contributed by atoms with Crippen LogP contribution in [0.4, 0.5) is 0 Å². The third kappa shape index (κ3) is 1.74. The normalized spacial score (nSPS) is 58.7. The molecule has 3 nitrogen and oxygen atoms in total. The van der Waals surface area contributed by atoms with E-state index in [1.54, 1.807) is 0 Å². The van der Waals surface area contributed by atoms with Crippen LogP contribution in [0.1, 0.15) is 70.6 Å². The van der Waals surface area contributed by atoms with Gasteiger partial charge in [0.05, 0.1) is 16.1 Å². The van der Waals surface area contributed by atoms with E-state index in [2.05, 4.69) is 0 Å². The summed E-state index contributed by atoms with van der Waals surface area (Å²) in [6.45, 7) is 0. The van der Waals surface area contributed by atoms with Crippen LogP contribution in [-0.2, 0) is 9.84 Å². The summed E-state index contributed by atoms with van der Waals surface area (Å²) in [5, 5.41) is 11.2. The third-order valence-corrected chi connectivity index (χ3v) is 10.8. The molecule has 4 aliphatic carbocycles. The highest BCUT2D eigenvalue weighted by atomic mass is 32.2. The molecule has 2 aliphatic heterocycles. The highest BCUT2D eigenvalue weighted by Gasteiger charge is 2.64. The molecular weight excluding hydrogens is 296 g/mol. The highest BCUT2D eigenvalue weighted by Crippen LogP contribution is 2.66. The fourth-order valence-corrected chi connectivity index (χ4v) is 10.1. The van der Waals surface area contributed by atoms with Crippen molar-refractivity contribution < 1.29 is 13.5 Å². The van der Waals surface area contributed by atoms with Gasteiger partial charge >= 0.3 is 0 Å². The summed E-state index contributed by atoms with van der Waals surface area (Å²) in [7, 11) is -2.97. The van der Waals surface area contributed by atoms with Crippen molar-refractivity contribution in [2.45, 2.75) is 86.7 Å². The SMILES string of the molecule is O=S1(=O)C2CCCC1CC(O)(C13CC4CC(CC(C4)C1)C3)C2. The van der Waals surface area contributed by atoms with E-state index >= 15 is 0 Å². The molecule has 6 fully saturated rings. The molecule has 2 unspecified atom stereocenters. The second kappa shape index (κ2) is 4.30. The maximum absolute atomic E-state index is 12.6. The number of hydrogen-bond donors (Lipinski definition) is 1. The van der Waals surface area contributed by atoms with Gasteiger partial charge in [-0.25, -0.2) is 8.42 Å². The first-order valence-electron chi connectivity index (χ1n) is 9.35. The zero-order valence-corrected chi connectivity index (χ0v) is 14.2. The van der Waals surface area contributed by atoms with Gasteiger partial charge in [-0.2, -0.15) is 0 Å². The first kappa shape index (κ1) is 14.3. The average Bonchev–Trinajstić information content (AvgIpc) is 2.39. The minimum atomic E-state index is -2.97. The lowest BCUT2D eigenvalue weighted by atomic mass is 9.44. The molecule has 2 saturated heterocycles. The first-order chi connectivity index (χ1) is 10.4. The van der Waals surface area contributed by atoms with Gasteiger partial charge < -0.3 is 5.11 Å². The van der Waals surface area contributed by atoms with E-state index in [9.17, 15) is 13.5 Å². The van der Waals surface area contributed by atoms with E-state index in [1.165, 1.54) is 38.5 Å². The molecule has 0 radical (unpaired) electrons. The molecule has 0 aromatic heterocycles. The first-order valence-corrected chi connectivity index (χ1v) is 11.0. The fourth-order valence-electron chi connectivity index (χ4n) is 7.56. The van der Waals surface area contributed by atoms with E-state index in [1.807, 2.05) is 0 Å². The molecule has 22 heavy (non-hydrogen) atoms. The summed E-state index contributed by atoms with van der Waals surface area (Å²) in [4.78, 5) is 0. The molecule has 1 N–H and O–H groups in total. The van der Waals surface area contributed by atoms with E-state index in [-0.39, 0.29) is 15.9 Å². The lowest BCUT2D eigenvalue weighted by Crippen LogP contribution is -2.64. The summed E-state index contributed by atoms with van der Waals surface area (Å²) >= 11 is 0. The van der Waals surface area contributed by atoms with Gasteiger partial charge in [0.1, 0.15) is 0 Å². The van der Waals surface area contributed by atoms with Crippen molar-refractivity contribution in [1.29, 1.82) is 0 Å². The largest absolute Gasteiger partial charge is 0.389 e. The predicted molar refractivity (Wildman–Crippen MR) is 85.1 cm³/mol. The lowest BCUT2D eigenvalue weighted by Gasteiger charge is -2.64. The summed E-state index contributed by atoms with van der Waals surface area (Å²) in [5.41, 5.74) is -0.629. The molecule has 4 heteroatoms. The van der Waals surface area contributed by atoms with Crippen LogP contribution >= 0.6 is 0 Å². The molecule has 6 rings (SSSR count). The van der Waals surface area contributed by atoms with Crippen LogP contribution < -0.4 is 0 Å².